The highest BCUT2D eigenvalue weighted by molar-refractivity contribution is 5.85. The third-order valence-electron chi connectivity index (χ3n) is 5.10. The fourth-order valence-corrected chi connectivity index (χ4v) is 3.38. The molecule has 3 N–H and O–H groups in total. The third-order valence-corrected chi connectivity index (χ3v) is 5.10. The second-order valence-electron chi connectivity index (χ2n) is 7.06. The van der Waals surface area contributed by atoms with Gasteiger partial charge in [-0.2, -0.15) is 0 Å². The smallest absolute Gasteiger partial charge is 0.315 e. The molecule has 3 amide bonds. The van der Waals surface area contributed by atoms with Crippen LogP contribution in [0.3, 0.4) is 0 Å². The van der Waals surface area contributed by atoms with E-state index in [0.29, 0.717) is 13.1 Å². The van der Waals surface area contributed by atoms with Crippen molar-refractivity contribution in [3.05, 3.63) is 71.0 Å². The number of carbonyl (C=O) groups excluding carboxylic acids is 2. The Morgan fingerprint density at radius 2 is 1.73 bits per heavy atom. The van der Waals surface area contributed by atoms with Crippen molar-refractivity contribution in [1.29, 1.82) is 0 Å². The molecule has 2 aromatic carbocycles. The molecule has 0 bridgehead atoms. The number of carbonyl (C=O) groups is 2. The fourth-order valence-electron chi connectivity index (χ4n) is 3.38. The molecule has 1 aliphatic rings. The molecule has 1 fully saturated rings. The Labute approximate surface area is 182 Å². The van der Waals surface area contributed by atoms with Crippen LogP contribution in [0.4, 0.5) is 9.18 Å². The summed E-state index contributed by atoms with van der Waals surface area (Å²) in [7, 11) is 0. The van der Waals surface area contributed by atoms with Crippen molar-refractivity contribution in [2.24, 2.45) is 0 Å². The highest BCUT2D eigenvalue weighted by Crippen LogP contribution is 2.22. The third kappa shape index (κ3) is 6.43. The van der Waals surface area contributed by atoms with Crippen molar-refractivity contribution in [1.82, 2.24) is 20.9 Å². The summed E-state index contributed by atoms with van der Waals surface area (Å²) >= 11 is 0. The number of halogens is 2. The number of urea groups is 1. The second-order valence-corrected chi connectivity index (χ2v) is 7.06. The van der Waals surface area contributed by atoms with Crippen LogP contribution in [0.1, 0.15) is 29.7 Å². The average Bonchev–Trinajstić information content (AvgIpc) is 2.77. The van der Waals surface area contributed by atoms with Crippen LogP contribution in [0.2, 0.25) is 0 Å². The van der Waals surface area contributed by atoms with Crippen LogP contribution < -0.4 is 16.0 Å². The van der Waals surface area contributed by atoms with E-state index in [-0.39, 0.29) is 43.3 Å². The summed E-state index contributed by atoms with van der Waals surface area (Å²) in [6, 6.07) is 13.7. The molecule has 1 unspecified atom stereocenters. The molecule has 2 aromatic rings. The van der Waals surface area contributed by atoms with E-state index in [1.54, 1.807) is 12.1 Å². The van der Waals surface area contributed by atoms with E-state index < -0.39 is 6.03 Å². The van der Waals surface area contributed by atoms with Crippen LogP contribution >= 0.6 is 12.4 Å². The average molecular weight is 435 g/mol. The molecular formula is C22H28ClFN4O2. The first-order valence-electron chi connectivity index (χ1n) is 9.92. The number of hydrogen-bond acceptors (Lipinski definition) is 3. The van der Waals surface area contributed by atoms with Crippen molar-refractivity contribution >= 4 is 24.3 Å². The molecule has 0 spiro atoms. The predicted octanol–water partition coefficient (Wildman–Crippen LogP) is 2.78. The standard InChI is InChI=1S/C22H27FN4O2.ClH/c1-2-16-3-7-18(8-4-16)20-14-24-11-12-27(20)21(28)15-26-22(29)25-13-17-5-9-19(23)10-6-17;/h3-10,20,24H,2,11-15H2,1H3,(H2,25,26,29);1H. The molecule has 0 radical (unpaired) electrons. The van der Waals surface area contributed by atoms with Crippen molar-refractivity contribution in [2.75, 3.05) is 26.2 Å². The second kappa shape index (κ2) is 11.5. The number of amides is 3. The summed E-state index contributed by atoms with van der Waals surface area (Å²) in [5.74, 6) is -0.438. The SMILES string of the molecule is CCc1ccc(C2CNCCN2C(=O)CNC(=O)NCc2ccc(F)cc2)cc1.Cl. The molecule has 0 saturated carbocycles. The van der Waals surface area contributed by atoms with Gasteiger partial charge in [0.25, 0.3) is 0 Å². The van der Waals surface area contributed by atoms with Gasteiger partial charge in [-0.3, -0.25) is 4.79 Å². The Kier molecular flexibility index (Phi) is 9.08. The van der Waals surface area contributed by atoms with Crippen LogP contribution in [-0.2, 0) is 17.8 Å². The molecular weight excluding hydrogens is 407 g/mol. The maximum absolute atomic E-state index is 12.9. The van der Waals surface area contributed by atoms with E-state index in [0.717, 1.165) is 24.1 Å². The van der Waals surface area contributed by atoms with Gasteiger partial charge in [-0.1, -0.05) is 43.3 Å². The van der Waals surface area contributed by atoms with E-state index in [1.165, 1.54) is 17.7 Å². The van der Waals surface area contributed by atoms with Crippen molar-refractivity contribution in [3.63, 3.8) is 0 Å². The number of hydrogen-bond donors (Lipinski definition) is 3. The summed E-state index contributed by atoms with van der Waals surface area (Å²) in [5, 5.41) is 8.63. The number of nitrogens with zero attached hydrogens (tertiary/aromatic N) is 1. The number of rotatable bonds is 6. The number of piperazine rings is 1. The maximum Gasteiger partial charge on any atom is 0.315 e. The number of benzene rings is 2. The van der Waals surface area contributed by atoms with E-state index >= 15 is 0 Å². The minimum atomic E-state index is -0.429. The zero-order valence-electron chi connectivity index (χ0n) is 17.0. The van der Waals surface area contributed by atoms with Crippen LogP contribution in [0, 0.1) is 5.82 Å². The summed E-state index contributed by atoms with van der Waals surface area (Å²) in [4.78, 5) is 26.6. The van der Waals surface area contributed by atoms with Gasteiger partial charge in [-0.05, 0) is 35.2 Å². The van der Waals surface area contributed by atoms with E-state index in [1.807, 2.05) is 4.90 Å². The van der Waals surface area contributed by atoms with Gasteiger partial charge >= 0.3 is 6.03 Å². The first-order chi connectivity index (χ1) is 14.1. The van der Waals surface area contributed by atoms with E-state index in [4.69, 9.17) is 0 Å². The largest absolute Gasteiger partial charge is 0.334 e. The monoisotopic (exact) mass is 434 g/mol. The molecule has 0 aliphatic carbocycles. The normalized spacial score (nSPS) is 15.8. The molecule has 1 saturated heterocycles. The Hall–Kier alpha value is -2.64. The van der Waals surface area contributed by atoms with Crippen LogP contribution in [0.15, 0.2) is 48.5 Å². The van der Waals surface area contributed by atoms with Crippen LogP contribution in [0.25, 0.3) is 0 Å². The molecule has 8 heteroatoms. The predicted molar refractivity (Wildman–Crippen MR) is 117 cm³/mol. The minimum Gasteiger partial charge on any atom is -0.334 e. The van der Waals surface area contributed by atoms with Crippen molar-refractivity contribution in [3.8, 4) is 0 Å². The van der Waals surface area contributed by atoms with Gasteiger partial charge in [0, 0.05) is 26.2 Å². The molecule has 1 atom stereocenters. The van der Waals surface area contributed by atoms with E-state index in [2.05, 4.69) is 47.1 Å². The van der Waals surface area contributed by atoms with Crippen molar-refractivity contribution in [2.45, 2.75) is 25.9 Å². The molecule has 162 valence electrons. The highest BCUT2D eigenvalue weighted by Gasteiger charge is 2.27. The Morgan fingerprint density at radius 3 is 2.40 bits per heavy atom. The summed E-state index contributed by atoms with van der Waals surface area (Å²) in [5.41, 5.74) is 3.13. The Morgan fingerprint density at radius 1 is 1.07 bits per heavy atom. The zero-order chi connectivity index (χ0) is 20.6. The molecule has 6 nitrogen and oxygen atoms in total. The lowest BCUT2D eigenvalue weighted by Gasteiger charge is -2.36. The summed E-state index contributed by atoms with van der Waals surface area (Å²) < 4.78 is 12.9. The zero-order valence-corrected chi connectivity index (χ0v) is 17.8. The summed E-state index contributed by atoms with van der Waals surface area (Å²) in [6.07, 6.45) is 0.975. The summed E-state index contributed by atoms with van der Waals surface area (Å²) in [6.45, 7) is 4.32. The highest BCUT2D eigenvalue weighted by atomic mass is 35.5. The molecule has 30 heavy (non-hydrogen) atoms. The number of nitrogens with one attached hydrogen (secondary N) is 3. The van der Waals surface area contributed by atoms with Gasteiger partial charge in [0.1, 0.15) is 5.82 Å². The fraction of sp³-hybridized carbons (Fsp3) is 0.364. The minimum absolute atomic E-state index is 0. The molecule has 0 aromatic heterocycles. The van der Waals surface area contributed by atoms with Gasteiger partial charge < -0.3 is 20.9 Å². The Balaban J connectivity index is 0.00000320. The quantitative estimate of drug-likeness (QED) is 0.654. The lowest BCUT2D eigenvalue weighted by atomic mass is 10.0. The van der Waals surface area contributed by atoms with Crippen molar-refractivity contribution < 1.29 is 14.0 Å². The first kappa shape index (κ1) is 23.6. The number of aryl methyl sites for hydroxylation is 1. The van der Waals surface area contributed by atoms with Crippen LogP contribution in [-0.4, -0.2) is 43.0 Å². The Bertz CT molecular complexity index is 830. The maximum atomic E-state index is 12.9. The van der Waals surface area contributed by atoms with Gasteiger partial charge in [0.15, 0.2) is 0 Å². The van der Waals surface area contributed by atoms with Gasteiger partial charge in [0.05, 0.1) is 12.6 Å². The lowest BCUT2D eigenvalue weighted by molar-refractivity contribution is -0.133. The van der Waals surface area contributed by atoms with Gasteiger partial charge in [-0.25, -0.2) is 9.18 Å². The molecule has 1 heterocycles. The van der Waals surface area contributed by atoms with Gasteiger partial charge in [0.2, 0.25) is 5.91 Å². The lowest BCUT2D eigenvalue weighted by Crippen LogP contribution is -2.52. The first-order valence-corrected chi connectivity index (χ1v) is 9.92. The topological polar surface area (TPSA) is 73.5 Å². The van der Waals surface area contributed by atoms with Gasteiger partial charge in [-0.15, -0.1) is 12.4 Å². The van der Waals surface area contributed by atoms with Crippen LogP contribution in [0.5, 0.6) is 0 Å². The molecule has 1 aliphatic heterocycles. The molecule has 3 rings (SSSR count). The van der Waals surface area contributed by atoms with E-state index in [9.17, 15) is 14.0 Å².